The zero-order valence-electron chi connectivity index (χ0n) is 9.85. The molecule has 1 N–H and O–H groups in total. The molecule has 0 radical (unpaired) electrons. The van der Waals surface area contributed by atoms with E-state index in [0.29, 0.717) is 11.5 Å². The molecule has 0 saturated heterocycles. The second kappa shape index (κ2) is 5.49. The van der Waals surface area contributed by atoms with Gasteiger partial charge >= 0.3 is 11.9 Å². The molecule has 0 aliphatic carbocycles. The van der Waals surface area contributed by atoms with Gasteiger partial charge in [0, 0.05) is 6.42 Å². The first-order valence-electron chi connectivity index (χ1n) is 4.93. The summed E-state index contributed by atoms with van der Waals surface area (Å²) in [7, 11) is 2.44. The monoisotopic (exact) mass is 242 g/mol. The third kappa shape index (κ3) is 3.07. The topological polar surface area (TPSA) is 86.0 Å². The zero-order valence-corrected chi connectivity index (χ0v) is 9.85. The molecule has 1 heterocycles. The van der Waals surface area contributed by atoms with Gasteiger partial charge < -0.3 is 19.0 Å². The number of carbonyl (C=O) groups excluding carboxylic acids is 2. The lowest BCUT2D eigenvalue weighted by atomic mass is 10.2. The van der Waals surface area contributed by atoms with Crippen molar-refractivity contribution in [1.82, 2.24) is 0 Å². The van der Waals surface area contributed by atoms with Crippen molar-refractivity contribution in [2.45, 2.75) is 19.4 Å². The van der Waals surface area contributed by atoms with Gasteiger partial charge in [0.15, 0.2) is 6.10 Å². The van der Waals surface area contributed by atoms with Gasteiger partial charge in [-0.3, -0.25) is 0 Å². The van der Waals surface area contributed by atoms with E-state index in [1.165, 1.54) is 20.3 Å². The molecule has 94 valence electrons. The van der Waals surface area contributed by atoms with Gasteiger partial charge in [-0.2, -0.15) is 0 Å². The maximum absolute atomic E-state index is 11.3. The van der Waals surface area contributed by atoms with E-state index in [0.717, 1.165) is 0 Å². The lowest BCUT2D eigenvalue weighted by Crippen LogP contribution is -2.23. The van der Waals surface area contributed by atoms with Crippen LogP contribution in [0.4, 0.5) is 0 Å². The molecule has 1 atom stereocenters. The fourth-order valence-electron chi connectivity index (χ4n) is 1.37. The Hall–Kier alpha value is -1.82. The number of ether oxygens (including phenoxy) is 2. The first kappa shape index (κ1) is 13.2. The first-order valence-corrected chi connectivity index (χ1v) is 4.93. The molecule has 1 aromatic rings. The number of methoxy groups -OCH3 is 2. The summed E-state index contributed by atoms with van der Waals surface area (Å²) in [6, 6.07) is 1.44. The van der Waals surface area contributed by atoms with Crippen molar-refractivity contribution < 1.29 is 28.6 Å². The highest BCUT2D eigenvalue weighted by atomic mass is 16.5. The minimum absolute atomic E-state index is 0.0511. The first-order chi connectivity index (χ1) is 7.99. The maximum atomic E-state index is 11.3. The Labute approximate surface area is 98.1 Å². The minimum atomic E-state index is -1.31. The predicted molar refractivity (Wildman–Crippen MR) is 56.5 cm³/mol. The fraction of sp³-hybridized carbons (Fsp3) is 0.455. The second-order valence-corrected chi connectivity index (χ2v) is 3.42. The zero-order chi connectivity index (χ0) is 13.0. The average molecular weight is 242 g/mol. The number of hydrogen-bond donors (Lipinski definition) is 1. The van der Waals surface area contributed by atoms with Gasteiger partial charge in [-0.15, -0.1) is 0 Å². The van der Waals surface area contributed by atoms with Crippen molar-refractivity contribution >= 4 is 11.9 Å². The van der Waals surface area contributed by atoms with E-state index in [4.69, 9.17) is 4.42 Å². The predicted octanol–water partition coefficient (Wildman–Crippen LogP) is 0.451. The lowest BCUT2D eigenvalue weighted by molar-refractivity contribution is -0.150. The lowest BCUT2D eigenvalue weighted by Gasteiger charge is -2.05. The van der Waals surface area contributed by atoms with Crippen LogP contribution in [0.3, 0.4) is 0 Å². The van der Waals surface area contributed by atoms with Crippen molar-refractivity contribution in [1.29, 1.82) is 0 Å². The van der Waals surface area contributed by atoms with Gasteiger partial charge in [0.05, 0.1) is 14.2 Å². The Morgan fingerprint density at radius 2 is 2.06 bits per heavy atom. The van der Waals surface area contributed by atoms with Crippen molar-refractivity contribution in [3.8, 4) is 0 Å². The largest absolute Gasteiger partial charge is 0.467 e. The van der Waals surface area contributed by atoms with E-state index < -0.39 is 18.0 Å². The quantitative estimate of drug-likeness (QED) is 0.771. The number of furan rings is 1. The third-order valence-electron chi connectivity index (χ3n) is 2.24. The highest BCUT2D eigenvalue weighted by Crippen LogP contribution is 2.17. The van der Waals surface area contributed by atoms with Crippen LogP contribution in [-0.2, 0) is 20.7 Å². The number of hydrogen-bond acceptors (Lipinski definition) is 6. The standard InChI is InChI=1S/C11H14O6/c1-6-8(10(13)15-2)4-7(17-6)5-9(12)11(14)16-3/h4,9,12H,5H2,1-3H3. The number of rotatable bonds is 4. The number of carbonyl (C=O) groups is 2. The Bertz CT molecular complexity index is 420. The summed E-state index contributed by atoms with van der Waals surface area (Å²) >= 11 is 0. The van der Waals surface area contributed by atoms with Crippen LogP contribution in [0.15, 0.2) is 10.5 Å². The molecule has 1 unspecified atom stereocenters. The highest BCUT2D eigenvalue weighted by Gasteiger charge is 2.21. The van der Waals surface area contributed by atoms with Crippen LogP contribution in [0, 0.1) is 6.92 Å². The molecule has 0 aromatic carbocycles. The summed E-state index contributed by atoms with van der Waals surface area (Å²) < 4.78 is 14.2. The molecular formula is C11H14O6. The second-order valence-electron chi connectivity index (χ2n) is 3.42. The summed E-state index contributed by atoms with van der Waals surface area (Å²) in [4.78, 5) is 22.3. The van der Waals surface area contributed by atoms with Gasteiger partial charge in [-0.1, -0.05) is 0 Å². The highest BCUT2D eigenvalue weighted by molar-refractivity contribution is 5.90. The molecule has 0 aliphatic heterocycles. The van der Waals surface area contributed by atoms with Crippen LogP contribution >= 0.6 is 0 Å². The van der Waals surface area contributed by atoms with Gasteiger partial charge in [-0.05, 0) is 13.0 Å². The molecule has 0 bridgehead atoms. The minimum Gasteiger partial charge on any atom is -0.467 e. The van der Waals surface area contributed by atoms with Gasteiger partial charge in [-0.25, -0.2) is 9.59 Å². The molecule has 0 amide bonds. The van der Waals surface area contributed by atoms with Gasteiger partial charge in [0.25, 0.3) is 0 Å². The van der Waals surface area contributed by atoms with E-state index in [9.17, 15) is 14.7 Å². The Balaban J connectivity index is 2.80. The van der Waals surface area contributed by atoms with Crippen LogP contribution in [0.5, 0.6) is 0 Å². The van der Waals surface area contributed by atoms with Crippen molar-refractivity contribution in [3.05, 3.63) is 23.2 Å². The number of aliphatic hydroxyl groups is 1. The molecule has 0 spiro atoms. The van der Waals surface area contributed by atoms with Crippen LogP contribution in [0.25, 0.3) is 0 Å². The summed E-state index contributed by atoms with van der Waals surface area (Å²) in [5.41, 5.74) is 0.277. The van der Waals surface area contributed by atoms with Crippen LogP contribution < -0.4 is 0 Å². The molecular weight excluding hydrogens is 228 g/mol. The van der Waals surface area contributed by atoms with Crippen LogP contribution in [0.1, 0.15) is 21.9 Å². The summed E-state index contributed by atoms with van der Waals surface area (Å²) in [6.45, 7) is 1.60. The van der Waals surface area contributed by atoms with E-state index in [-0.39, 0.29) is 12.0 Å². The molecule has 1 aromatic heterocycles. The molecule has 1 rings (SSSR count). The Kier molecular flexibility index (Phi) is 4.28. The molecule has 0 fully saturated rings. The van der Waals surface area contributed by atoms with Crippen molar-refractivity contribution in [3.63, 3.8) is 0 Å². The van der Waals surface area contributed by atoms with E-state index in [1.807, 2.05) is 0 Å². The molecule has 0 saturated carbocycles. The molecule has 6 nitrogen and oxygen atoms in total. The van der Waals surface area contributed by atoms with Gasteiger partial charge in [0.2, 0.25) is 0 Å². The molecule has 0 aliphatic rings. The SMILES string of the molecule is COC(=O)c1cc(CC(O)C(=O)OC)oc1C. The van der Waals surface area contributed by atoms with E-state index in [1.54, 1.807) is 6.92 Å². The summed E-state index contributed by atoms with van der Waals surface area (Å²) in [6.07, 6.45) is -1.36. The average Bonchev–Trinajstić information content (AvgIpc) is 2.67. The van der Waals surface area contributed by atoms with E-state index in [2.05, 4.69) is 9.47 Å². The Morgan fingerprint density at radius 1 is 1.41 bits per heavy atom. The van der Waals surface area contributed by atoms with Crippen molar-refractivity contribution in [2.24, 2.45) is 0 Å². The number of aryl methyl sites for hydroxylation is 1. The normalized spacial score (nSPS) is 12.0. The summed E-state index contributed by atoms with van der Waals surface area (Å²) in [5.74, 6) is -0.576. The fourth-order valence-corrected chi connectivity index (χ4v) is 1.37. The van der Waals surface area contributed by atoms with Gasteiger partial charge in [0.1, 0.15) is 17.1 Å². The summed E-state index contributed by atoms with van der Waals surface area (Å²) in [5, 5.41) is 9.42. The number of esters is 2. The number of aliphatic hydroxyl groups excluding tert-OH is 1. The maximum Gasteiger partial charge on any atom is 0.341 e. The van der Waals surface area contributed by atoms with Crippen molar-refractivity contribution in [2.75, 3.05) is 14.2 Å². The third-order valence-corrected chi connectivity index (χ3v) is 2.24. The smallest absolute Gasteiger partial charge is 0.341 e. The molecule has 6 heteroatoms. The molecule has 17 heavy (non-hydrogen) atoms. The Morgan fingerprint density at radius 3 is 2.59 bits per heavy atom. The van der Waals surface area contributed by atoms with E-state index >= 15 is 0 Å². The van der Waals surface area contributed by atoms with Crippen LogP contribution in [-0.4, -0.2) is 37.4 Å². The van der Waals surface area contributed by atoms with Crippen LogP contribution in [0.2, 0.25) is 0 Å².